The fraction of sp³-hybridized carbons (Fsp3) is 0.0833. The largest absolute Gasteiger partial charge is 0.493 e. The average Bonchev–Trinajstić information content (AvgIpc) is 3.14. The number of nitro groups is 1. The maximum atomic E-state index is 12.9. The molecular formula is C24H16Cl2N2O8S2. The number of rotatable bonds is 8. The molecule has 1 aliphatic heterocycles. The monoisotopic (exact) mass is 594 g/mol. The first-order valence-corrected chi connectivity index (χ1v) is 13.5. The highest BCUT2D eigenvalue weighted by molar-refractivity contribution is 8.18. The normalized spacial score (nSPS) is 14.7. The number of imide groups is 1. The molecule has 0 unspecified atom stereocenters. The summed E-state index contributed by atoms with van der Waals surface area (Å²) in [6.07, 6.45) is 1.43. The number of nitro benzene ring substituents is 1. The predicted molar refractivity (Wildman–Crippen MR) is 142 cm³/mol. The molecule has 14 heteroatoms. The van der Waals surface area contributed by atoms with Gasteiger partial charge < -0.3 is 8.92 Å². The van der Waals surface area contributed by atoms with E-state index < -0.39 is 36.8 Å². The molecule has 2 amide bonds. The molecule has 3 aromatic carbocycles. The van der Waals surface area contributed by atoms with Crippen LogP contribution in [0.4, 0.5) is 10.5 Å². The third-order valence-electron chi connectivity index (χ3n) is 5.27. The van der Waals surface area contributed by atoms with Gasteiger partial charge in [-0.3, -0.25) is 24.6 Å². The number of hydrogen-bond acceptors (Lipinski definition) is 9. The first kappa shape index (κ1) is 27.5. The summed E-state index contributed by atoms with van der Waals surface area (Å²) in [4.78, 5) is 36.4. The molecule has 0 N–H and O–H groups in total. The van der Waals surface area contributed by atoms with Gasteiger partial charge >= 0.3 is 10.1 Å². The summed E-state index contributed by atoms with van der Waals surface area (Å²) in [7, 11) is -3.32. The summed E-state index contributed by atoms with van der Waals surface area (Å²) in [6.45, 7) is -0.111. The third kappa shape index (κ3) is 5.63. The third-order valence-corrected chi connectivity index (χ3v) is 8.17. The van der Waals surface area contributed by atoms with E-state index >= 15 is 0 Å². The van der Waals surface area contributed by atoms with Gasteiger partial charge in [-0.15, -0.1) is 0 Å². The molecule has 0 aliphatic carbocycles. The number of halogens is 2. The van der Waals surface area contributed by atoms with E-state index in [9.17, 15) is 28.1 Å². The van der Waals surface area contributed by atoms with Crippen LogP contribution in [-0.4, -0.2) is 36.5 Å². The second-order valence-electron chi connectivity index (χ2n) is 7.64. The fourth-order valence-electron chi connectivity index (χ4n) is 3.45. The number of ether oxygens (including phenoxy) is 1. The first-order valence-electron chi connectivity index (χ1n) is 10.6. The van der Waals surface area contributed by atoms with Crippen LogP contribution in [0.5, 0.6) is 11.5 Å². The van der Waals surface area contributed by atoms with Gasteiger partial charge in [-0.05, 0) is 53.7 Å². The Bertz CT molecular complexity index is 1590. The van der Waals surface area contributed by atoms with E-state index in [1.807, 2.05) is 0 Å². The van der Waals surface area contributed by atoms with Crippen LogP contribution in [0.3, 0.4) is 0 Å². The smallest absolute Gasteiger partial charge is 0.346 e. The SMILES string of the molecule is COc1cc(/C=C2\SC(=O)N(Cc3c(Cl)cccc3Cl)C2=O)ccc1OS(=O)(=O)c1ccccc1[N+](=O)[O-]. The molecule has 1 heterocycles. The minimum Gasteiger partial charge on any atom is -0.493 e. The number of nitrogens with zero attached hydrogens (tertiary/aromatic N) is 2. The van der Waals surface area contributed by atoms with E-state index in [0.29, 0.717) is 21.2 Å². The lowest BCUT2D eigenvalue weighted by atomic mass is 10.1. The fourth-order valence-corrected chi connectivity index (χ4v) is 5.92. The molecule has 0 atom stereocenters. The molecular weight excluding hydrogens is 579 g/mol. The lowest BCUT2D eigenvalue weighted by molar-refractivity contribution is -0.387. The highest BCUT2D eigenvalue weighted by atomic mass is 35.5. The van der Waals surface area contributed by atoms with Gasteiger partial charge in [0.15, 0.2) is 16.4 Å². The van der Waals surface area contributed by atoms with Gasteiger partial charge in [0.05, 0.1) is 23.5 Å². The van der Waals surface area contributed by atoms with E-state index in [1.54, 1.807) is 18.2 Å². The Morgan fingerprint density at radius 2 is 1.71 bits per heavy atom. The summed E-state index contributed by atoms with van der Waals surface area (Å²) in [5.74, 6) is -0.818. The van der Waals surface area contributed by atoms with Crippen LogP contribution in [0.15, 0.2) is 70.5 Å². The van der Waals surface area contributed by atoms with E-state index in [-0.39, 0.29) is 22.9 Å². The Morgan fingerprint density at radius 3 is 2.37 bits per heavy atom. The van der Waals surface area contributed by atoms with Crippen LogP contribution in [0.25, 0.3) is 6.08 Å². The minimum absolute atomic E-state index is 0.0250. The van der Waals surface area contributed by atoms with Crippen molar-refractivity contribution in [2.24, 2.45) is 0 Å². The van der Waals surface area contributed by atoms with Gasteiger partial charge in [0.25, 0.3) is 16.8 Å². The average molecular weight is 595 g/mol. The topological polar surface area (TPSA) is 133 Å². The van der Waals surface area contributed by atoms with Gasteiger partial charge in [-0.2, -0.15) is 8.42 Å². The molecule has 0 saturated carbocycles. The zero-order chi connectivity index (χ0) is 27.6. The van der Waals surface area contributed by atoms with Crippen molar-refractivity contribution in [3.8, 4) is 11.5 Å². The zero-order valence-corrected chi connectivity index (χ0v) is 22.4. The lowest BCUT2D eigenvalue weighted by Gasteiger charge is -2.14. The number of carbonyl (C=O) groups excluding carboxylic acids is 2. The number of thioether (sulfide) groups is 1. The number of methoxy groups -OCH3 is 1. The highest BCUT2D eigenvalue weighted by Crippen LogP contribution is 2.38. The molecule has 4 rings (SSSR count). The summed E-state index contributed by atoms with van der Waals surface area (Å²) < 4.78 is 35.9. The molecule has 0 aromatic heterocycles. The number of para-hydroxylation sites is 1. The van der Waals surface area contributed by atoms with Crippen LogP contribution in [-0.2, 0) is 21.5 Å². The number of benzene rings is 3. The molecule has 196 valence electrons. The van der Waals surface area contributed by atoms with Gasteiger partial charge in [-0.1, -0.05) is 47.5 Å². The van der Waals surface area contributed by atoms with E-state index in [2.05, 4.69) is 0 Å². The van der Waals surface area contributed by atoms with Crippen LogP contribution in [0.2, 0.25) is 10.0 Å². The standard InChI is InChI=1S/C24H16Cl2N2O8S2/c1-35-20-11-14(9-10-19(20)36-38(33,34)22-8-3-2-7-18(22)28(31)32)12-21-23(29)27(24(30)37-21)13-15-16(25)5-4-6-17(15)26/h2-12H,13H2,1H3/b21-12-. The van der Waals surface area contributed by atoms with Crippen molar-refractivity contribution in [1.82, 2.24) is 4.90 Å². The maximum absolute atomic E-state index is 12.9. The molecule has 38 heavy (non-hydrogen) atoms. The molecule has 3 aromatic rings. The van der Waals surface area contributed by atoms with Gasteiger partial charge in [0.2, 0.25) is 0 Å². The minimum atomic E-state index is -4.59. The van der Waals surface area contributed by atoms with Crippen molar-refractivity contribution in [3.05, 3.63) is 96.9 Å². The summed E-state index contributed by atoms with van der Waals surface area (Å²) in [5, 5.41) is 11.4. The molecule has 1 aliphatic rings. The summed E-state index contributed by atoms with van der Waals surface area (Å²) >= 11 is 13.1. The second kappa shape index (κ2) is 11.0. The van der Waals surface area contributed by atoms with Crippen LogP contribution < -0.4 is 8.92 Å². The van der Waals surface area contributed by atoms with Crippen molar-refractivity contribution in [1.29, 1.82) is 0 Å². The molecule has 0 spiro atoms. The highest BCUT2D eigenvalue weighted by Gasteiger charge is 2.36. The van der Waals surface area contributed by atoms with Crippen LogP contribution >= 0.6 is 35.0 Å². The molecule has 1 saturated heterocycles. The van der Waals surface area contributed by atoms with E-state index in [0.717, 1.165) is 28.8 Å². The number of carbonyl (C=O) groups is 2. The van der Waals surface area contributed by atoms with E-state index in [1.165, 1.54) is 43.5 Å². The van der Waals surface area contributed by atoms with Gasteiger partial charge in [-0.25, -0.2) is 0 Å². The van der Waals surface area contributed by atoms with Crippen LogP contribution in [0.1, 0.15) is 11.1 Å². The second-order valence-corrected chi connectivity index (χ2v) is 11.0. The van der Waals surface area contributed by atoms with Crippen molar-refractivity contribution in [2.75, 3.05) is 7.11 Å². The Hall–Kier alpha value is -3.58. The van der Waals surface area contributed by atoms with Crippen molar-refractivity contribution < 1.29 is 31.9 Å². The van der Waals surface area contributed by atoms with Crippen LogP contribution in [0, 0.1) is 10.1 Å². The lowest BCUT2D eigenvalue weighted by Crippen LogP contribution is -2.27. The number of hydrogen-bond donors (Lipinski definition) is 0. The van der Waals surface area contributed by atoms with Crippen molar-refractivity contribution in [3.63, 3.8) is 0 Å². The first-order chi connectivity index (χ1) is 18.0. The Balaban J connectivity index is 1.59. The Morgan fingerprint density at radius 1 is 1.03 bits per heavy atom. The van der Waals surface area contributed by atoms with Crippen molar-refractivity contribution >= 4 is 68.0 Å². The Labute approximate surface area is 231 Å². The zero-order valence-electron chi connectivity index (χ0n) is 19.3. The maximum Gasteiger partial charge on any atom is 0.346 e. The predicted octanol–water partition coefficient (Wildman–Crippen LogP) is 5.91. The van der Waals surface area contributed by atoms with Gasteiger partial charge in [0.1, 0.15) is 0 Å². The van der Waals surface area contributed by atoms with Crippen molar-refractivity contribution in [2.45, 2.75) is 11.4 Å². The van der Waals surface area contributed by atoms with Gasteiger partial charge in [0, 0.05) is 21.7 Å². The Kier molecular flexibility index (Phi) is 7.97. The summed E-state index contributed by atoms with van der Waals surface area (Å²) in [6, 6.07) is 13.7. The number of amides is 2. The van der Waals surface area contributed by atoms with E-state index in [4.69, 9.17) is 32.1 Å². The molecule has 0 radical (unpaired) electrons. The summed E-state index contributed by atoms with van der Waals surface area (Å²) in [5.41, 5.74) is 0.192. The quantitative estimate of drug-likeness (QED) is 0.135. The molecule has 10 nitrogen and oxygen atoms in total. The molecule has 1 fully saturated rings. The molecule has 0 bridgehead atoms.